The minimum Gasteiger partial charge on any atom is -0.356 e. The van der Waals surface area contributed by atoms with E-state index >= 15 is 0 Å². The molecule has 2 N–H and O–H groups in total. The van der Waals surface area contributed by atoms with Gasteiger partial charge in [-0.2, -0.15) is 0 Å². The lowest BCUT2D eigenvalue weighted by atomic mass is 9.97. The van der Waals surface area contributed by atoms with Crippen molar-refractivity contribution in [3.05, 3.63) is 52.0 Å². The average molecular weight is 458 g/mol. The van der Waals surface area contributed by atoms with Crippen molar-refractivity contribution in [3.63, 3.8) is 0 Å². The number of guanidine groups is 1. The summed E-state index contributed by atoms with van der Waals surface area (Å²) >= 11 is 1.75. The van der Waals surface area contributed by atoms with Crippen LogP contribution in [0.25, 0.3) is 0 Å². The second kappa shape index (κ2) is 11.4. The Hall–Kier alpha value is -1.15. The van der Waals surface area contributed by atoms with Crippen molar-refractivity contribution in [2.24, 2.45) is 4.99 Å². The number of hydrogen-bond donors (Lipinski definition) is 2. The molecule has 1 unspecified atom stereocenters. The number of aromatic nitrogens is 1. The molecule has 24 heavy (non-hydrogen) atoms. The maximum absolute atomic E-state index is 4.38. The number of thiazole rings is 1. The molecule has 0 saturated heterocycles. The number of benzene rings is 1. The van der Waals surface area contributed by atoms with Crippen LogP contribution in [0.5, 0.6) is 0 Å². The monoisotopic (exact) mass is 458 g/mol. The number of nitrogens with zero attached hydrogens (tertiary/aromatic N) is 2. The van der Waals surface area contributed by atoms with E-state index in [2.05, 4.69) is 64.8 Å². The highest BCUT2D eigenvalue weighted by Crippen LogP contribution is 2.17. The van der Waals surface area contributed by atoms with Gasteiger partial charge in [0.15, 0.2) is 5.96 Å². The molecule has 0 saturated carbocycles. The summed E-state index contributed by atoms with van der Waals surface area (Å²) in [4.78, 5) is 9.95. The lowest BCUT2D eigenvalue weighted by molar-refractivity contribution is 0.629. The van der Waals surface area contributed by atoms with Gasteiger partial charge in [-0.05, 0) is 18.9 Å². The molecule has 0 aliphatic heterocycles. The molecule has 0 radical (unpaired) electrons. The van der Waals surface area contributed by atoms with E-state index < -0.39 is 0 Å². The van der Waals surface area contributed by atoms with Crippen LogP contribution in [0.15, 0.2) is 41.5 Å². The van der Waals surface area contributed by atoms with Gasteiger partial charge in [-0.1, -0.05) is 37.3 Å². The van der Waals surface area contributed by atoms with Crippen molar-refractivity contribution < 1.29 is 0 Å². The summed E-state index contributed by atoms with van der Waals surface area (Å²) in [5.41, 5.74) is 1.37. The van der Waals surface area contributed by atoms with E-state index in [-0.39, 0.29) is 24.0 Å². The SMILES string of the molecule is CCC(CNC(=NC)NCCc1ncc(C)s1)c1ccccc1.I. The molecule has 4 nitrogen and oxygen atoms in total. The first-order chi connectivity index (χ1) is 11.2. The molecule has 2 rings (SSSR count). The molecule has 2 aromatic rings. The van der Waals surface area contributed by atoms with Gasteiger partial charge in [0.05, 0.1) is 5.01 Å². The summed E-state index contributed by atoms with van der Waals surface area (Å²) < 4.78 is 0. The molecule has 0 spiro atoms. The van der Waals surface area contributed by atoms with Crippen LogP contribution in [0.4, 0.5) is 0 Å². The quantitative estimate of drug-likeness (QED) is 0.375. The third-order valence-electron chi connectivity index (χ3n) is 3.80. The van der Waals surface area contributed by atoms with Crippen LogP contribution in [-0.2, 0) is 6.42 Å². The summed E-state index contributed by atoms with van der Waals surface area (Å²) in [6.45, 7) is 6.04. The Morgan fingerprint density at radius 2 is 2.00 bits per heavy atom. The zero-order valence-electron chi connectivity index (χ0n) is 14.6. The van der Waals surface area contributed by atoms with Crippen molar-refractivity contribution in [1.82, 2.24) is 15.6 Å². The van der Waals surface area contributed by atoms with Crippen LogP contribution in [0.1, 0.15) is 34.7 Å². The van der Waals surface area contributed by atoms with Gasteiger partial charge in [0, 0.05) is 43.5 Å². The molecule has 0 aliphatic carbocycles. The molecule has 0 fully saturated rings. The summed E-state index contributed by atoms with van der Waals surface area (Å²) in [6.07, 6.45) is 3.96. The molecular formula is C18H27IN4S. The van der Waals surface area contributed by atoms with Gasteiger partial charge in [0.2, 0.25) is 0 Å². The zero-order valence-corrected chi connectivity index (χ0v) is 17.7. The Balaban J connectivity index is 0.00000288. The van der Waals surface area contributed by atoms with Gasteiger partial charge in [-0.25, -0.2) is 4.98 Å². The molecule has 1 heterocycles. The Labute approximate surface area is 166 Å². The van der Waals surface area contributed by atoms with Gasteiger partial charge < -0.3 is 10.6 Å². The second-order valence-corrected chi connectivity index (χ2v) is 6.83. The predicted octanol–water partition coefficient (Wildman–Crippen LogP) is 3.97. The summed E-state index contributed by atoms with van der Waals surface area (Å²) in [7, 11) is 1.81. The fourth-order valence-corrected chi connectivity index (χ4v) is 3.26. The molecular weight excluding hydrogens is 431 g/mol. The van der Waals surface area contributed by atoms with E-state index in [4.69, 9.17) is 0 Å². The molecule has 6 heteroatoms. The standard InChI is InChI=1S/C18H26N4S.HI/c1-4-15(16-8-6-5-7-9-16)13-22-18(19-3)20-11-10-17-21-12-14(2)23-17;/h5-9,12,15H,4,10-11,13H2,1-3H3,(H2,19,20,22);1H. The molecule has 0 aliphatic rings. The van der Waals surface area contributed by atoms with Crippen LogP contribution in [0.3, 0.4) is 0 Å². The first-order valence-corrected chi connectivity index (χ1v) is 8.95. The van der Waals surface area contributed by atoms with Crippen molar-refractivity contribution in [1.29, 1.82) is 0 Å². The Kier molecular flexibility index (Phi) is 9.94. The summed E-state index contributed by atoms with van der Waals surface area (Å²) in [5, 5.41) is 7.96. The highest BCUT2D eigenvalue weighted by Gasteiger charge is 2.09. The molecule has 1 aromatic carbocycles. The summed E-state index contributed by atoms with van der Waals surface area (Å²) in [5.74, 6) is 1.35. The predicted molar refractivity (Wildman–Crippen MR) is 115 cm³/mol. The normalized spacial score (nSPS) is 12.4. The average Bonchev–Trinajstić information content (AvgIpc) is 3.00. The highest BCUT2D eigenvalue weighted by molar-refractivity contribution is 14.0. The molecule has 132 valence electrons. The third-order valence-corrected chi connectivity index (χ3v) is 4.78. The Bertz CT molecular complexity index is 612. The van der Waals surface area contributed by atoms with Crippen molar-refractivity contribution >= 4 is 41.3 Å². The first kappa shape index (κ1) is 20.9. The number of aryl methyl sites for hydroxylation is 1. The minimum atomic E-state index is 0. The van der Waals surface area contributed by atoms with Gasteiger partial charge in [-0.15, -0.1) is 35.3 Å². The zero-order chi connectivity index (χ0) is 16.5. The van der Waals surface area contributed by atoms with Gasteiger partial charge >= 0.3 is 0 Å². The van der Waals surface area contributed by atoms with Crippen LogP contribution in [-0.4, -0.2) is 31.1 Å². The Morgan fingerprint density at radius 1 is 1.25 bits per heavy atom. The Morgan fingerprint density at radius 3 is 2.58 bits per heavy atom. The fourth-order valence-electron chi connectivity index (χ4n) is 2.47. The van der Waals surface area contributed by atoms with Gasteiger partial charge in [0.1, 0.15) is 0 Å². The molecule has 0 amide bonds. The minimum absolute atomic E-state index is 0. The second-order valence-electron chi connectivity index (χ2n) is 5.51. The van der Waals surface area contributed by atoms with Crippen molar-refractivity contribution in [2.45, 2.75) is 32.6 Å². The van der Waals surface area contributed by atoms with E-state index in [9.17, 15) is 0 Å². The smallest absolute Gasteiger partial charge is 0.191 e. The number of hydrogen-bond acceptors (Lipinski definition) is 3. The van der Waals surface area contributed by atoms with Crippen LogP contribution < -0.4 is 10.6 Å². The first-order valence-electron chi connectivity index (χ1n) is 8.13. The molecule has 1 atom stereocenters. The highest BCUT2D eigenvalue weighted by atomic mass is 127. The molecule has 0 bridgehead atoms. The van der Waals surface area contributed by atoms with E-state index in [1.165, 1.54) is 15.4 Å². The van der Waals surface area contributed by atoms with E-state index in [0.717, 1.165) is 31.9 Å². The van der Waals surface area contributed by atoms with Crippen LogP contribution in [0.2, 0.25) is 0 Å². The lowest BCUT2D eigenvalue weighted by Crippen LogP contribution is -2.40. The number of halogens is 1. The van der Waals surface area contributed by atoms with Crippen LogP contribution >= 0.6 is 35.3 Å². The third kappa shape index (κ3) is 6.76. The van der Waals surface area contributed by atoms with Crippen LogP contribution in [0, 0.1) is 6.92 Å². The van der Waals surface area contributed by atoms with E-state index in [0.29, 0.717) is 5.92 Å². The largest absolute Gasteiger partial charge is 0.356 e. The molecule has 1 aromatic heterocycles. The maximum Gasteiger partial charge on any atom is 0.191 e. The lowest BCUT2D eigenvalue weighted by Gasteiger charge is -2.18. The number of rotatable bonds is 7. The fraction of sp³-hybridized carbons (Fsp3) is 0.444. The van der Waals surface area contributed by atoms with E-state index in [1.54, 1.807) is 11.3 Å². The summed E-state index contributed by atoms with van der Waals surface area (Å²) in [6, 6.07) is 10.6. The number of nitrogens with one attached hydrogen (secondary N) is 2. The topological polar surface area (TPSA) is 49.3 Å². The maximum atomic E-state index is 4.38. The van der Waals surface area contributed by atoms with Crippen molar-refractivity contribution in [3.8, 4) is 0 Å². The number of aliphatic imine (C=N–C) groups is 1. The van der Waals surface area contributed by atoms with Crippen molar-refractivity contribution in [2.75, 3.05) is 20.1 Å². The van der Waals surface area contributed by atoms with E-state index in [1.807, 2.05) is 13.2 Å². The van der Waals surface area contributed by atoms with Gasteiger partial charge in [-0.3, -0.25) is 4.99 Å². The van der Waals surface area contributed by atoms with Gasteiger partial charge in [0.25, 0.3) is 0 Å².